The second-order valence-corrected chi connectivity index (χ2v) is 4.00. The minimum absolute atomic E-state index is 0.118. The molecule has 1 aliphatic carbocycles. The average molecular weight is 218 g/mol. The Labute approximate surface area is 94.1 Å². The number of hydrogen-bond donors (Lipinski definition) is 1. The summed E-state index contributed by atoms with van der Waals surface area (Å²) in [5.41, 5.74) is 0.430. The van der Waals surface area contributed by atoms with Crippen molar-refractivity contribution in [1.29, 1.82) is 0 Å². The van der Waals surface area contributed by atoms with Crippen LogP contribution in [-0.2, 0) is 4.79 Å². The second kappa shape index (κ2) is 4.88. The van der Waals surface area contributed by atoms with Crippen molar-refractivity contribution in [1.82, 2.24) is 10.3 Å². The van der Waals surface area contributed by atoms with Crippen LogP contribution in [0.2, 0.25) is 0 Å². The molecular weight excluding hydrogens is 204 g/mol. The molecule has 0 aliphatic heterocycles. The lowest BCUT2D eigenvalue weighted by molar-refractivity contribution is -0.120. The highest BCUT2D eigenvalue weighted by Crippen LogP contribution is 2.14. The maximum atomic E-state index is 11.7. The molecule has 1 aromatic heterocycles. The number of Topliss-reactive ketones (excluding diaryl/α,β-unsaturated/α-hetero) is 1. The Morgan fingerprint density at radius 3 is 2.69 bits per heavy atom. The molecule has 0 aromatic carbocycles. The first-order chi connectivity index (χ1) is 7.75. The number of amides is 1. The fraction of sp³-hybridized carbons (Fsp3) is 0.417. The summed E-state index contributed by atoms with van der Waals surface area (Å²) < 4.78 is 0. The lowest BCUT2D eigenvalue weighted by Crippen LogP contribution is -2.38. The van der Waals surface area contributed by atoms with E-state index in [4.69, 9.17) is 0 Å². The molecule has 1 fully saturated rings. The highest BCUT2D eigenvalue weighted by molar-refractivity contribution is 5.92. The van der Waals surface area contributed by atoms with Crippen LogP contribution in [0.3, 0.4) is 0 Å². The highest BCUT2D eigenvalue weighted by Gasteiger charge is 2.20. The number of carbonyl (C=O) groups is 2. The van der Waals surface area contributed by atoms with Crippen LogP contribution in [0.1, 0.15) is 36.2 Å². The second-order valence-electron chi connectivity index (χ2n) is 4.00. The molecule has 0 saturated heterocycles. The third-order valence-electron chi connectivity index (χ3n) is 2.78. The van der Waals surface area contributed by atoms with E-state index >= 15 is 0 Å². The Kier molecular flexibility index (Phi) is 3.29. The third-order valence-corrected chi connectivity index (χ3v) is 2.78. The van der Waals surface area contributed by atoms with Crippen molar-refractivity contribution in [3.63, 3.8) is 0 Å². The monoisotopic (exact) mass is 218 g/mol. The number of ketones is 1. The summed E-state index contributed by atoms with van der Waals surface area (Å²) in [4.78, 5) is 26.8. The number of carbonyl (C=O) groups excluding carboxylic acids is 2. The summed E-state index contributed by atoms with van der Waals surface area (Å²) in [6.07, 6.45) is 4.24. The van der Waals surface area contributed by atoms with Crippen LogP contribution in [0.25, 0.3) is 0 Å². The Balaban J connectivity index is 1.91. The fourth-order valence-corrected chi connectivity index (χ4v) is 1.84. The van der Waals surface area contributed by atoms with Gasteiger partial charge in [-0.2, -0.15) is 0 Å². The van der Waals surface area contributed by atoms with E-state index in [0.717, 1.165) is 12.8 Å². The van der Waals surface area contributed by atoms with Gasteiger partial charge in [-0.05, 0) is 25.0 Å². The molecule has 1 aliphatic rings. The van der Waals surface area contributed by atoms with Gasteiger partial charge in [0.1, 0.15) is 11.5 Å². The van der Waals surface area contributed by atoms with Gasteiger partial charge in [0.05, 0.1) is 0 Å². The predicted octanol–water partition coefficient (Wildman–Crippen LogP) is 1.32. The van der Waals surface area contributed by atoms with Crippen LogP contribution < -0.4 is 5.32 Å². The van der Waals surface area contributed by atoms with Gasteiger partial charge in [0.25, 0.3) is 5.91 Å². The molecule has 0 unspecified atom stereocenters. The van der Waals surface area contributed by atoms with E-state index in [9.17, 15) is 9.59 Å². The SMILES string of the molecule is O=C1CCC(NC(=O)c2ccccn2)CC1. The highest BCUT2D eigenvalue weighted by atomic mass is 16.2. The van der Waals surface area contributed by atoms with Gasteiger partial charge in [-0.3, -0.25) is 14.6 Å². The number of aromatic nitrogens is 1. The smallest absolute Gasteiger partial charge is 0.270 e. The maximum absolute atomic E-state index is 11.7. The minimum atomic E-state index is -0.153. The first-order valence-electron chi connectivity index (χ1n) is 5.49. The van der Waals surface area contributed by atoms with Gasteiger partial charge in [0.2, 0.25) is 0 Å². The Morgan fingerprint density at radius 1 is 1.31 bits per heavy atom. The molecule has 16 heavy (non-hydrogen) atoms. The molecule has 1 aromatic rings. The van der Waals surface area contributed by atoms with Crippen molar-refractivity contribution in [3.05, 3.63) is 30.1 Å². The summed E-state index contributed by atoms with van der Waals surface area (Å²) in [6, 6.07) is 5.36. The van der Waals surface area contributed by atoms with Crippen LogP contribution in [0, 0.1) is 0 Å². The van der Waals surface area contributed by atoms with Crippen molar-refractivity contribution >= 4 is 11.7 Å². The van der Waals surface area contributed by atoms with E-state index in [1.807, 2.05) is 0 Å². The number of hydrogen-bond acceptors (Lipinski definition) is 3. The summed E-state index contributed by atoms with van der Waals surface area (Å²) in [5, 5.41) is 2.90. The van der Waals surface area contributed by atoms with Crippen molar-refractivity contribution in [2.24, 2.45) is 0 Å². The van der Waals surface area contributed by atoms with Crippen molar-refractivity contribution in [2.75, 3.05) is 0 Å². The van der Waals surface area contributed by atoms with Gasteiger partial charge in [-0.25, -0.2) is 0 Å². The lowest BCUT2D eigenvalue weighted by atomic mass is 9.94. The minimum Gasteiger partial charge on any atom is -0.348 e. The molecule has 4 nitrogen and oxygen atoms in total. The van der Waals surface area contributed by atoms with E-state index in [1.54, 1.807) is 24.4 Å². The van der Waals surface area contributed by atoms with Gasteiger partial charge in [0, 0.05) is 25.1 Å². The zero-order chi connectivity index (χ0) is 11.4. The molecule has 1 heterocycles. The maximum Gasteiger partial charge on any atom is 0.270 e. The topological polar surface area (TPSA) is 59.1 Å². The molecule has 1 saturated carbocycles. The van der Waals surface area contributed by atoms with E-state index in [0.29, 0.717) is 24.3 Å². The average Bonchev–Trinajstić information content (AvgIpc) is 2.33. The largest absolute Gasteiger partial charge is 0.348 e. The zero-order valence-electron chi connectivity index (χ0n) is 8.98. The summed E-state index contributed by atoms with van der Waals surface area (Å²) in [6.45, 7) is 0. The van der Waals surface area contributed by atoms with Gasteiger partial charge >= 0.3 is 0 Å². The molecule has 84 valence electrons. The number of nitrogens with one attached hydrogen (secondary N) is 1. The lowest BCUT2D eigenvalue weighted by Gasteiger charge is -2.21. The Bertz CT molecular complexity index is 379. The van der Waals surface area contributed by atoms with Crippen LogP contribution in [0.15, 0.2) is 24.4 Å². The first kappa shape index (κ1) is 10.8. The summed E-state index contributed by atoms with van der Waals surface area (Å²) in [5.74, 6) is 0.142. The molecule has 1 amide bonds. The molecular formula is C12H14N2O2. The molecule has 0 bridgehead atoms. The standard InChI is InChI=1S/C12H14N2O2/c15-10-6-4-9(5-7-10)14-12(16)11-3-1-2-8-13-11/h1-3,8-9H,4-7H2,(H,14,16). The number of nitrogens with zero attached hydrogens (tertiary/aromatic N) is 1. The first-order valence-corrected chi connectivity index (χ1v) is 5.49. The third kappa shape index (κ3) is 2.66. The van der Waals surface area contributed by atoms with Gasteiger partial charge in [-0.1, -0.05) is 6.07 Å². The summed E-state index contributed by atoms with van der Waals surface area (Å²) >= 11 is 0. The van der Waals surface area contributed by atoms with Crippen molar-refractivity contribution in [2.45, 2.75) is 31.7 Å². The normalized spacial score (nSPS) is 17.1. The molecule has 0 atom stereocenters. The summed E-state index contributed by atoms with van der Waals surface area (Å²) in [7, 11) is 0. The Hall–Kier alpha value is -1.71. The number of rotatable bonds is 2. The van der Waals surface area contributed by atoms with Gasteiger partial charge in [0.15, 0.2) is 0 Å². The predicted molar refractivity (Wildman–Crippen MR) is 59.0 cm³/mol. The Morgan fingerprint density at radius 2 is 2.06 bits per heavy atom. The van der Waals surface area contributed by atoms with Crippen LogP contribution >= 0.6 is 0 Å². The van der Waals surface area contributed by atoms with E-state index in [1.165, 1.54) is 0 Å². The molecule has 0 spiro atoms. The zero-order valence-corrected chi connectivity index (χ0v) is 8.98. The van der Waals surface area contributed by atoms with Crippen LogP contribution in [-0.4, -0.2) is 22.7 Å². The molecule has 2 rings (SSSR count). The van der Waals surface area contributed by atoms with E-state index in [-0.39, 0.29) is 11.9 Å². The van der Waals surface area contributed by atoms with Crippen LogP contribution in [0.5, 0.6) is 0 Å². The molecule has 1 N–H and O–H groups in total. The van der Waals surface area contributed by atoms with Gasteiger partial charge in [-0.15, -0.1) is 0 Å². The molecule has 0 radical (unpaired) electrons. The van der Waals surface area contributed by atoms with E-state index in [2.05, 4.69) is 10.3 Å². The molecule has 4 heteroatoms. The van der Waals surface area contributed by atoms with Crippen molar-refractivity contribution in [3.8, 4) is 0 Å². The quantitative estimate of drug-likeness (QED) is 0.814. The van der Waals surface area contributed by atoms with E-state index < -0.39 is 0 Å². The number of pyridine rings is 1. The van der Waals surface area contributed by atoms with Crippen LogP contribution in [0.4, 0.5) is 0 Å². The van der Waals surface area contributed by atoms with Gasteiger partial charge < -0.3 is 5.32 Å². The van der Waals surface area contributed by atoms with Crippen molar-refractivity contribution < 1.29 is 9.59 Å². The fourth-order valence-electron chi connectivity index (χ4n) is 1.84.